The standard InChI is InChI=1S/C22H25F2N3O3S/c1-15(22(28)25-18-6-8-20(23)21(24)14-18)26-9-11-27(12-10-26)31(29,30)19-7-5-16-3-2-4-17(16)13-19/h5-8,13-15H,2-4,9-12H2,1H3,(H,25,28). The minimum Gasteiger partial charge on any atom is -0.325 e. The third-order valence-electron chi connectivity index (χ3n) is 6.10. The number of amides is 1. The summed E-state index contributed by atoms with van der Waals surface area (Å²) in [5, 5.41) is 2.58. The average molecular weight is 450 g/mol. The highest BCUT2D eigenvalue weighted by Crippen LogP contribution is 2.27. The zero-order valence-corrected chi connectivity index (χ0v) is 18.1. The lowest BCUT2D eigenvalue weighted by Gasteiger charge is -2.36. The molecule has 0 bridgehead atoms. The number of halogens is 2. The maximum absolute atomic E-state index is 13.4. The van der Waals surface area contributed by atoms with Crippen molar-refractivity contribution in [2.45, 2.75) is 37.1 Å². The summed E-state index contributed by atoms with van der Waals surface area (Å²) < 4.78 is 54.0. The topological polar surface area (TPSA) is 69.7 Å². The SMILES string of the molecule is CC(C(=O)Nc1ccc(F)c(F)c1)N1CCN(S(=O)(=O)c2ccc3c(c2)CCC3)CC1. The van der Waals surface area contributed by atoms with Crippen molar-refractivity contribution < 1.29 is 22.0 Å². The summed E-state index contributed by atoms with van der Waals surface area (Å²) in [6.07, 6.45) is 2.97. The van der Waals surface area contributed by atoms with Gasteiger partial charge in [0.1, 0.15) is 0 Å². The number of carbonyl (C=O) groups is 1. The lowest BCUT2D eigenvalue weighted by Crippen LogP contribution is -2.53. The van der Waals surface area contributed by atoms with Crippen molar-refractivity contribution in [3.8, 4) is 0 Å². The number of sulfonamides is 1. The number of anilines is 1. The molecule has 2 aromatic rings. The van der Waals surface area contributed by atoms with Gasteiger partial charge in [-0.2, -0.15) is 4.31 Å². The van der Waals surface area contributed by atoms with Crippen LogP contribution in [0.1, 0.15) is 24.5 Å². The van der Waals surface area contributed by atoms with Gasteiger partial charge in [-0.3, -0.25) is 9.69 Å². The number of hydrogen-bond acceptors (Lipinski definition) is 4. The first kappa shape index (κ1) is 21.9. The van der Waals surface area contributed by atoms with Gasteiger partial charge in [0.2, 0.25) is 15.9 Å². The molecule has 0 saturated carbocycles. The number of fused-ring (bicyclic) bond motifs is 1. The molecule has 1 heterocycles. The Hall–Kier alpha value is -2.36. The van der Waals surface area contributed by atoms with E-state index in [0.29, 0.717) is 18.0 Å². The van der Waals surface area contributed by atoms with Gasteiger partial charge in [0.25, 0.3) is 0 Å². The van der Waals surface area contributed by atoms with Crippen LogP contribution in [0, 0.1) is 11.6 Å². The van der Waals surface area contributed by atoms with Crippen molar-refractivity contribution in [3.63, 3.8) is 0 Å². The molecular weight excluding hydrogens is 424 g/mol. The Morgan fingerprint density at radius 3 is 2.39 bits per heavy atom. The molecule has 4 rings (SSSR count). The second kappa shape index (κ2) is 8.64. The molecule has 1 amide bonds. The van der Waals surface area contributed by atoms with Gasteiger partial charge < -0.3 is 5.32 Å². The summed E-state index contributed by atoms with van der Waals surface area (Å²) in [5.41, 5.74) is 2.51. The largest absolute Gasteiger partial charge is 0.325 e. The zero-order valence-electron chi connectivity index (χ0n) is 17.3. The van der Waals surface area contributed by atoms with Crippen LogP contribution in [0.25, 0.3) is 0 Å². The third kappa shape index (κ3) is 4.49. The lowest BCUT2D eigenvalue weighted by molar-refractivity contribution is -0.121. The van der Waals surface area contributed by atoms with Crippen LogP contribution < -0.4 is 5.32 Å². The maximum Gasteiger partial charge on any atom is 0.243 e. The summed E-state index contributed by atoms with van der Waals surface area (Å²) in [4.78, 5) is 14.7. The van der Waals surface area contributed by atoms with Gasteiger partial charge >= 0.3 is 0 Å². The van der Waals surface area contributed by atoms with Crippen LogP contribution in [0.15, 0.2) is 41.3 Å². The number of rotatable bonds is 5. The molecule has 2 aliphatic rings. The molecule has 0 spiro atoms. The summed E-state index contributed by atoms with van der Waals surface area (Å²) >= 11 is 0. The van der Waals surface area contributed by atoms with E-state index in [0.717, 1.165) is 37.0 Å². The van der Waals surface area contributed by atoms with E-state index in [1.807, 2.05) is 11.0 Å². The second-order valence-electron chi connectivity index (χ2n) is 8.02. The number of nitrogens with one attached hydrogen (secondary N) is 1. The highest BCUT2D eigenvalue weighted by Gasteiger charge is 2.32. The van der Waals surface area contributed by atoms with Crippen molar-refractivity contribution in [1.82, 2.24) is 9.21 Å². The van der Waals surface area contributed by atoms with Crippen LogP contribution in [-0.2, 0) is 27.7 Å². The highest BCUT2D eigenvalue weighted by molar-refractivity contribution is 7.89. The van der Waals surface area contributed by atoms with Crippen LogP contribution in [0.4, 0.5) is 14.5 Å². The summed E-state index contributed by atoms with van der Waals surface area (Å²) in [6, 6.07) is 8.03. The monoisotopic (exact) mass is 449 g/mol. The van der Waals surface area contributed by atoms with E-state index < -0.39 is 27.7 Å². The fourth-order valence-electron chi connectivity index (χ4n) is 4.18. The van der Waals surface area contributed by atoms with Crippen molar-refractivity contribution in [2.24, 2.45) is 0 Å². The number of hydrogen-bond donors (Lipinski definition) is 1. The smallest absolute Gasteiger partial charge is 0.243 e. The number of benzene rings is 2. The molecule has 1 atom stereocenters. The van der Waals surface area contributed by atoms with E-state index in [1.165, 1.54) is 15.9 Å². The van der Waals surface area contributed by atoms with Crippen LogP contribution in [-0.4, -0.2) is 55.8 Å². The fourth-order valence-corrected chi connectivity index (χ4v) is 5.65. The molecule has 6 nitrogen and oxygen atoms in total. The van der Waals surface area contributed by atoms with E-state index in [2.05, 4.69) is 5.32 Å². The van der Waals surface area contributed by atoms with Crippen molar-refractivity contribution in [3.05, 3.63) is 59.2 Å². The second-order valence-corrected chi connectivity index (χ2v) is 9.96. The van der Waals surface area contributed by atoms with Crippen molar-refractivity contribution in [1.29, 1.82) is 0 Å². The lowest BCUT2D eigenvalue weighted by atomic mass is 10.1. The van der Waals surface area contributed by atoms with Crippen LogP contribution in [0.3, 0.4) is 0 Å². The first-order chi connectivity index (χ1) is 14.8. The Balaban J connectivity index is 1.37. The third-order valence-corrected chi connectivity index (χ3v) is 7.99. The molecule has 2 aromatic carbocycles. The molecule has 1 unspecified atom stereocenters. The van der Waals surface area contributed by atoms with Gasteiger partial charge in [-0.1, -0.05) is 6.07 Å². The first-order valence-corrected chi connectivity index (χ1v) is 11.8. The first-order valence-electron chi connectivity index (χ1n) is 10.4. The molecule has 9 heteroatoms. The Morgan fingerprint density at radius 1 is 0.968 bits per heavy atom. The van der Waals surface area contributed by atoms with Crippen molar-refractivity contribution in [2.75, 3.05) is 31.5 Å². The predicted molar refractivity (Wildman–Crippen MR) is 113 cm³/mol. The van der Waals surface area contributed by atoms with E-state index in [-0.39, 0.29) is 24.7 Å². The van der Waals surface area contributed by atoms with Gasteiger partial charge in [-0.25, -0.2) is 17.2 Å². The number of aryl methyl sites for hydroxylation is 2. The Labute approximate surface area is 180 Å². The quantitative estimate of drug-likeness (QED) is 0.762. The molecule has 31 heavy (non-hydrogen) atoms. The molecule has 0 aromatic heterocycles. The molecule has 1 N–H and O–H groups in total. The Bertz CT molecular complexity index is 1100. The van der Waals surface area contributed by atoms with Gasteiger partial charge in [0.15, 0.2) is 11.6 Å². The number of nitrogens with zero attached hydrogens (tertiary/aromatic N) is 2. The van der Waals surface area contributed by atoms with E-state index in [4.69, 9.17) is 0 Å². The van der Waals surface area contributed by atoms with E-state index in [9.17, 15) is 22.0 Å². The molecule has 166 valence electrons. The molecule has 0 radical (unpaired) electrons. The highest BCUT2D eigenvalue weighted by atomic mass is 32.2. The fraction of sp³-hybridized carbons (Fsp3) is 0.409. The number of carbonyl (C=O) groups excluding carboxylic acids is 1. The van der Waals surface area contributed by atoms with Gasteiger partial charge in [0.05, 0.1) is 10.9 Å². The van der Waals surface area contributed by atoms with Gasteiger partial charge in [0, 0.05) is 37.9 Å². The minimum atomic E-state index is -3.58. The average Bonchev–Trinajstić information content (AvgIpc) is 3.24. The molecule has 1 aliphatic heterocycles. The van der Waals surface area contributed by atoms with Gasteiger partial charge in [-0.15, -0.1) is 0 Å². The molecular formula is C22H25F2N3O3S. The van der Waals surface area contributed by atoms with Crippen LogP contribution in [0.5, 0.6) is 0 Å². The minimum absolute atomic E-state index is 0.175. The maximum atomic E-state index is 13.4. The Morgan fingerprint density at radius 2 is 1.68 bits per heavy atom. The molecule has 1 fully saturated rings. The summed E-state index contributed by atoms with van der Waals surface area (Å²) in [6.45, 7) is 3.07. The molecule has 1 aliphatic carbocycles. The summed E-state index contributed by atoms with van der Waals surface area (Å²) in [7, 11) is -3.58. The van der Waals surface area contributed by atoms with E-state index in [1.54, 1.807) is 19.1 Å². The van der Waals surface area contributed by atoms with Crippen LogP contribution >= 0.6 is 0 Å². The van der Waals surface area contributed by atoms with E-state index >= 15 is 0 Å². The predicted octanol–water partition coefficient (Wildman–Crippen LogP) is 2.79. The Kier molecular flexibility index (Phi) is 6.09. The van der Waals surface area contributed by atoms with Crippen LogP contribution in [0.2, 0.25) is 0 Å². The zero-order chi connectivity index (χ0) is 22.2. The summed E-state index contributed by atoms with van der Waals surface area (Å²) in [5.74, 6) is -2.37. The van der Waals surface area contributed by atoms with Crippen molar-refractivity contribution >= 4 is 21.6 Å². The molecule has 1 saturated heterocycles. The van der Waals surface area contributed by atoms with Gasteiger partial charge in [-0.05, 0) is 61.6 Å². The normalized spacial score (nSPS) is 18.5. The number of piperazine rings is 1.